The minimum absolute atomic E-state index is 0.0639. The highest BCUT2D eigenvalue weighted by Crippen LogP contribution is 2.25. The van der Waals surface area contributed by atoms with Crippen LogP contribution in [-0.4, -0.2) is 26.9 Å². The molecule has 0 aliphatic rings. The van der Waals surface area contributed by atoms with E-state index >= 15 is 0 Å². The van der Waals surface area contributed by atoms with Crippen LogP contribution in [0.15, 0.2) is 40.9 Å². The van der Waals surface area contributed by atoms with Gasteiger partial charge in [-0.3, -0.25) is 0 Å². The first-order valence-corrected chi connectivity index (χ1v) is 9.71. The third kappa shape index (κ3) is 4.69. The summed E-state index contributed by atoms with van der Waals surface area (Å²) < 4.78 is 45.4. The lowest BCUT2D eigenvalue weighted by Gasteiger charge is -2.18. The minimum atomic E-state index is -3.57. The Morgan fingerprint density at radius 2 is 1.96 bits per heavy atom. The van der Waals surface area contributed by atoms with Crippen molar-refractivity contribution >= 4 is 37.6 Å². The topological polar surface area (TPSA) is 46.6 Å². The Bertz CT molecular complexity index is 845. The monoisotopic (exact) mass is 435 g/mol. The molecule has 0 unspecified atom stereocenters. The molecule has 0 aromatic heterocycles. The number of rotatable bonds is 6. The summed E-state index contributed by atoms with van der Waals surface area (Å²) in [6.07, 6.45) is 0. The number of hydrogen-bond donors (Lipinski definition) is 0. The fraction of sp³-hybridized carbons (Fsp3) is 0.250. The predicted octanol–water partition coefficient (Wildman–Crippen LogP) is 4.21. The molecular weight excluding hydrogens is 421 g/mol. The summed E-state index contributed by atoms with van der Waals surface area (Å²) in [6, 6.07) is 9.31. The maximum atomic E-state index is 13.7. The third-order valence-electron chi connectivity index (χ3n) is 3.45. The largest absolute Gasteiger partial charge is 0.494 e. The molecule has 2 rings (SSSR count). The van der Waals surface area contributed by atoms with Gasteiger partial charge in [0, 0.05) is 23.1 Å². The molecule has 4 nitrogen and oxygen atoms in total. The minimum Gasteiger partial charge on any atom is -0.494 e. The zero-order valence-electron chi connectivity index (χ0n) is 13.1. The number of nitrogens with zero attached hydrogens (tertiary/aromatic N) is 1. The molecule has 2 aromatic carbocycles. The Morgan fingerprint density at radius 3 is 2.54 bits per heavy atom. The highest BCUT2D eigenvalue weighted by molar-refractivity contribution is 9.10. The fourth-order valence-corrected chi connectivity index (χ4v) is 4.33. The van der Waals surface area contributed by atoms with Crippen molar-refractivity contribution in [1.82, 2.24) is 4.31 Å². The van der Waals surface area contributed by atoms with Crippen LogP contribution in [0, 0.1) is 5.82 Å². The number of methoxy groups -OCH3 is 1. The summed E-state index contributed by atoms with van der Waals surface area (Å²) in [5, 5.41) is 0.519. The van der Waals surface area contributed by atoms with E-state index < -0.39 is 15.8 Å². The lowest BCUT2D eigenvalue weighted by atomic mass is 10.2. The van der Waals surface area contributed by atoms with E-state index in [9.17, 15) is 12.8 Å². The number of sulfonamides is 1. The van der Waals surface area contributed by atoms with Gasteiger partial charge in [-0.2, -0.15) is 0 Å². The van der Waals surface area contributed by atoms with Gasteiger partial charge in [-0.15, -0.1) is 0 Å². The first-order valence-electron chi connectivity index (χ1n) is 6.93. The normalized spacial score (nSPS) is 11.8. The maximum absolute atomic E-state index is 13.7. The Hall–Kier alpha value is -1.15. The summed E-state index contributed by atoms with van der Waals surface area (Å²) in [5.41, 5.74) is 1.14. The predicted molar refractivity (Wildman–Crippen MR) is 96.2 cm³/mol. The molecule has 24 heavy (non-hydrogen) atoms. The molecule has 0 saturated heterocycles. The van der Waals surface area contributed by atoms with Crippen molar-refractivity contribution in [3.8, 4) is 5.75 Å². The van der Waals surface area contributed by atoms with Crippen LogP contribution in [0.1, 0.15) is 11.1 Å². The second-order valence-corrected chi connectivity index (χ2v) is 8.58. The molecule has 0 saturated carbocycles. The Kier molecular flexibility index (Phi) is 6.25. The van der Waals surface area contributed by atoms with E-state index in [1.165, 1.54) is 30.6 Å². The number of benzene rings is 2. The summed E-state index contributed by atoms with van der Waals surface area (Å²) in [4.78, 5) is 0. The molecule has 0 fully saturated rings. The Labute approximate surface area is 154 Å². The standard InChI is InChI=1S/C16H16BrClFNO3S/c1-20(9-11-3-6-16(23-2)15(19)7-11)24(21,22)10-12-4-5-13(18)8-14(12)17/h3-8H,9-10H2,1-2H3. The number of halogens is 3. The number of ether oxygens (including phenoxy) is 1. The van der Waals surface area contributed by atoms with Gasteiger partial charge in [0.05, 0.1) is 12.9 Å². The van der Waals surface area contributed by atoms with Crippen LogP contribution < -0.4 is 4.74 Å². The molecule has 2 aromatic rings. The molecule has 0 atom stereocenters. The molecule has 0 radical (unpaired) electrons. The van der Waals surface area contributed by atoms with Crippen molar-refractivity contribution < 1.29 is 17.5 Å². The van der Waals surface area contributed by atoms with Gasteiger partial charge in [0.1, 0.15) is 0 Å². The van der Waals surface area contributed by atoms with Crippen molar-refractivity contribution in [2.24, 2.45) is 0 Å². The smallest absolute Gasteiger partial charge is 0.218 e. The summed E-state index contributed by atoms with van der Waals surface area (Å²) in [6.45, 7) is 0.0639. The molecule has 0 bridgehead atoms. The van der Waals surface area contributed by atoms with Gasteiger partial charge in [-0.05, 0) is 35.4 Å². The molecule has 0 spiro atoms. The quantitative estimate of drug-likeness (QED) is 0.681. The maximum Gasteiger partial charge on any atom is 0.218 e. The van der Waals surface area contributed by atoms with Crippen molar-refractivity contribution in [2.45, 2.75) is 12.3 Å². The van der Waals surface area contributed by atoms with E-state index in [1.54, 1.807) is 24.3 Å². The van der Waals surface area contributed by atoms with Gasteiger partial charge in [-0.1, -0.05) is 39.7 Å². The lowest BCUT2D eigenvalue weighted by molar-refractivity contribution is 0.385. The first kappa shape index (κ1) is 19.2. The summed E-state index contributed by atoms with van der Waals surface area (Å²) >= 11 is 9.17. The summed E-state index contributed by atoms with van der Waals surface area (Å²) in [5.74, 6) is -0.588. The number of hydrogen-bond acceptors (Lipinski definition) is 3. The molecule has 8 heteroatoms. The van der Waals surface area contributed by atoms with Crippen LogP contribution in [0.4, 0.5) is 4.39 Å². The molecule has 0 aliphatic carbocycles. The van der Waals surface area contributed by atoms with Gasteiger partial charge < -0.3 is 4.74 Å². The Balaban J connectivity index is 2.15. The van der Waals surface area contributed by atoms with E-state index in [0.29, 0.717) is 20.6 Å². The van der Waals surface area contributed by atoms with Crippen LogP contribution >= 0.6 is 27.5 Å². The van der Waals surface area contributed by atoms with E-state index in [1.807, 2.05) is 0 Å². The lowest BCUT2D eigenvalue weighted by Crippen LogP contribution is -2.28. The average Bonchev–Trinajstić information content (AvgIpc) is 2.50. The van der Waals surface area contributed by atoms with Crippen LogP contribution in [0.25, 0.3) is 0 Å². The SMILES string of the molecule is COc1ccc(CN(C)S(=O)(=O)Cc2ccc(Cl)cc2Br)cc1F. The molecule has 0 heterocycles. The second-order valence-electron chi connectivity index (χ2n) is 5.22. The molecule has 0 N–H and O–H groups in total. The van der Waals surface area contributed by atoms with Crippen molar-refractivity contribution in [3.63, 3.8) is 0 Å². The third-order valence-corrected chi connectivity index (χ3v) is 6.18. The fourth-order valence-electron chi connectivity index (χ4n) is 2.11. The van der Waals surface area contributed by atoms with Crippen LogP contribution in [-0.2, 0) is 22.3 Å². The first-order chi connectivity index (χ1) is 11.2. The van der Waals surface area contributed by atoms with Gasteiger partial charge >= 0.3 is 0 Å². The highest BCUT2D eigenvalue weighted by Gasteiger charge is 2.20. The van der Waals surface area contributed by atoms with E-state index in [-0.39, 0.29) is 18.0 Å². The van der Waals surface area contributed by atoms with Crippen LogP contribution in [0.5, 0.6) is 5.75 Å². The highest BCUT2D eigenvalue weighted by atomic mass is 79.9. The van der Waals surface area contributed by atoms with Crippen molar-refractivity contribution in [3.05, 3.63) is 62.8 Å². The van der Waals surface area contributed by atoms with Crippen LogP contribution in [0.2, 0.25) is 5.02 Å². The van der Waals surface area contributed by atoms with Gasteiger partial charge in [0.2, 0.25) is 10.0 Å². The van der Waals surface area contributed by atoms with Gasteiger partial charge in [0.15, 0.2) is 11.6 Å². The molecular formula is C16H16BrClFNO3S. The van der Waals surface area contributed by atoms with Crippen LogP contribution in [0.3, 0.4) is 0 Å². The van der Waals surface area contributed by atoms with E-state index in [4.69, 9.17) is 16.3 Å². The van der Waals surface area contributed by atoms with Gasteiger partial charge in [0.25, 0.3) is 0 Å². The Morgan fingerprint density at radius 1 is 1.25 bits per heavy atom. The summed E-state index contributed by atoms with van der Waals surface area (Å²) in [7, 11) is -0.736. The molecule has 0 amide bonds. The van der Waals surface area contributed by atoms with E-state index in [2.05, 4.69) is 15.9 Å². The zero-order valence-corrected chi connectivity index (χ0v) is 16.3. The molecule has 0 aliphatic heterocycles. The van der Waals surface area contributed by atoms with Crippen molar-refractivity contribution in [1.29, 1.82) is 0 Å². The second kappa shape index (κ2) is 7.82. The van der Waals surface area contributed by atoms with Crippen molar-refractivity contribution in [2.75, 3.05) is 14.2 Å². The van der Waals surface area contributed by atoms with Gasteiger partial charge in [-0.25, -0.2) is 17.1 Å². The molecule has 130 valence electrons. The van der Waals surface area contributed by atoms with E-state index in [0.717, 1.165) is 0 Å². The zero-order chi connectivity index (χ0) is 17.9. The average molecular weight is 437 g/mol.